The van der Waals surface area contributed by atoms with Gasteiger partial charge in [0, 0.05) is 10.2 Å². The Morgan fingerprint density at radius 2 is 1.96 bits per heavy atom. The fraction of sp³-hybridized carbons (Fsp3) is 0.118. The molecule has 0 aliphatic rings. The molecule has 2 aromatic heterocycles. The highest BCUT2D eigenvalue weighted by atomic mass is 79.9. The second-order valence-electron chi connectivity index (χ2n) is 5.43. The summed E-state index contributed by atoms with van der Waals surface area (Å²) in [5, 5.41) is 11.8. The number of para-hydroxylation sites is 1. The number of fused-ring (bicyclic) bond motifs is 3. The van der Waals surface area contributed by atoms with Gasteiger partial charge in [0.05, 0.1) is 15.5 Å². The number of aromatic nitrogens is 3. The lowest BCUT2D eigenvalue weighted by Crippen LogP contribution is -2.22. The van der Waals surface area contributed by atoms with Gasteiger partial charge < -0.3 is 5.32 Å². The molecule has 126 valence electrons. The summed E-state index contributed by atoms with van der Waals surface area (Å²) in [6, 6.07) is 15.6. The summed E-state index contributed by atoms with van der Waals surface area (Å²) in [5.41, 5.74) is 1.84. The standard InChI is InChI=1S/C17H13BrN4OS2/c1-10(15(23)19-12-8-6-11(18)7-9-12)24-16-20-21-17-22(16)13-4-2-3-5-14(13)25-17/h2-10H,1H3,(H,19,23). The Bertz CT molecular complexity index is 1060. The third-order valence-corrected chi connectivity index (χ3v) is 6.26. The summed E-state index contributed by atoms with van der Waals surface area (Å²) in [7, 11) is 0. The van der Waals surface area contributed by atoms with E-state index in [1.54, 1.807) is 11.3 Å². The largest absolute Gasteiger partial charge is 0.325 e. The number of amides is 1. The summed E-state index contributed by atoms with van der Waals surface area (Å²) >= 11 is 6.38. The third-order valence-electron chi connectivity index (χ3n) is 3.67. The van der Waals surface area contributed by atoms with Crippen LogP contribution in [0.25, 0.3) is 15.2 Å². The van der Waals surface area contributed by atoms with Crippen LogP contribution in [-0.4, -0.2) is 25.8 Å². The van der Waals surface area contributed by atoms with Crippen LogP contribution in [0.2, 0.25) is 0 Å². The van der Waals surface area contributed by atoms with Crippen molar-refractivity contribution in [1.29, 1.82) is 0 Å². The number of halogens is 1. The normalized spacial score (nSPS) is 12.6. The molecule has 1 unspecified atom stereocenters. The van der Waals surface area contributed by atoms with Gasteiger partial charge in [0.1, 0.15) is 0 Å². The maximum atomic E-state index is 12.5. The highest BCUT2D eigenvalue weighted by Crippen LogP contribution is 2.31. The maximum absolute atomic E-state index is 12.5. The summed E-state index contributed by atoms with van der Waals surface area (Å²) in [4.78, 5) is 13.3. The van der Waals surface area contributed by atoms with E-state index in [1.807, 2.05) is 53.8 Å². The molecule has 0 spiro atoms. The maximum Gasteiger partial charge on any atom is 0.237 e. The zero-order valence-corrected chi connectivity index (χ0v) is 16.4. The lowest BCUT2D eigenvalue weighted by Gasteiger charge is -2.11. The Morgan fingerprint density at radius 3 is 2.76 bits per heavy atom. The van der Waals surface area contributed by atoms with Crippen molar-refractivity contribution in [2.75, 3.05) is 5.32 Å². The minimum absolute atomic E-state index is 0.0661. The molecular weight excluding hydrogens is 420 g/mol. The Balaban J connectivity index is 1.56. The third kappa shape index (κ3) is 3.29. The van der Waals surface area contributed by atoms with Crippen LogP contribution < -0.4 is 5.32 Å². The number of carbonyl (C=O) groups is 1. The smallest absolute Gasteiger partial charge is 0.237 e. The molecule has 1 amide bonds. The Morgan fingerprint density at radius 1 is 1.20 bits per heavy atom. The van der Waals surface area contributed by atoms with Gasteiger partial charge in [-0.1, -0.05) is 51.2 Å². The van der Waals surface area contributed by atoms with Crippen LogP contribution in [0.3, 0.4) is 0 Å². The number of hydrogen-bond acceptors (Lipinski definition) is 5. The van der Waals surface area contributed by atoms with E-state index < -0.39 is 0 Å². The van der Waals surface area contributed by atoms with E-state index in [0.29, 0.717) is 0 Å². The van der Waals surface area contributed by atoms with E-state index >= 15 is 0 Å². The first kappa shape index (κ1) is 16.6. The quantitative estimate of drug-likeness (QED) is 0.469. The van der Waals surface area contributed by atoms with Gasteiger partial charge in [0.2, 0.25) is 10.9 Å². The molecule has 0 aliphatic heterocycles. The molecule has 4 rings (SSSR count). The molecule has 0 radical (unpaired) electrons. The summed E-state index contributed by atoms with van der Waals surface area (Å²) in [5.74, 6) is -0.0661. The predicted molar refractivity (Wildman–Crippen MR) is 106 cm³/mol. The SMILES string of the molecule is CC(Sc1nnc2sc3ccccc3n12)C(=O)Nc1ccc(Br)cc1. The summed E-state index contributed by atoms with van der Waals surface area (Å²) in [6.45, 7) is 1.87. The van der Waals surface area contributed by atoms with Crippen molar-refractivity contribution in [1.82, 2.24) is 14.6 Å². The van der Waals surface area contributed by atoms with Gasteiger partial charge in [0.15, 0.2) is 5.16 Å². The minimum Gasteiger partial charge on any atom is -0.325 e. The van der Waals surface area contributed by atoms with Gasteiger partial charge in [-0.25, -0.2) is 0 Å². The van der Waals surface area contributed by atoms with Gasteiger partial charge in [-0.3, -0.25) is 9.20 Å². The van der Waals surface area contributed by atoms with Gasteiger partial charge in [-0.2, -0.15) is 0 Å². The highest BCUT2D eigenvalue weighted by Gasteiger charge is 2.20. The average molecular weight is 433 g/mol. The second-order valence-corrected chi connectivity index (χ2v) is 8.66. The number of carbonyl (C=O) groups excluding carboxylic acids is 1. The Kier molecular flexibility index (Phi) is 4.49. The van der Waals surface area contributed by atoms with Crippen molar-refractivity contribution >= 4 is 65.8 Å². The Labute approximate surface area is 160 Å². The lowest BCUT2D eigenvalue weighted by molar-refractivity contribution is -0.115. The fourth-order valence-corrected chi connectivity index (χ4v) is 4.57. The first-order valence-electron chi connectivity index (χ1n) is 7.57. The summed E-state index contributed by atoms with van der Waals surface area (Å²) < 4.78 is 4.14. The monoisotopic (exact) mass is 432 g/mol. The number of anilines is 1. The van der Waals surface area contributed by atoms with Crippen LogP contribution in [0.4, 0.5) is 5.69 Å². The van der Waals surface area contributed by atoms with Crippen molar-refractivity contribution < 1.29 is 4.79 Å². The van der Waals surface area contributed by atoms with Gasteiger partial charge in [0.25, 0.3) is 0 Å². The molecule has 4 aromatic rings. The van der Waals surface area contributed by atoms with E-state index in [1.165, 1.54) is 11.8 Å². The van der Waals surface area contributed by atoms with Gasteiger partial charge >= 0.3 is 0 Å². The zero-order chi connectivity index (χ0) is 17.4. The molecule has 5 nitrogen and oxygen atoms in total. The molecule has 0 saturated heterocycles. The molecule has 1 N–H and O–H groups in total. The molecule has 8 heteroatoms. The van der Waals surface area contributed by atoms with Gasteiger partial charge in [-0.05, 0) is 43.3 Å². The topological polar surface area (TPSA) is 59.3 Å². The number of thiazole rings is 1. The number of rotatable bonds is 4. The van der Waals surface area contributed by atoms with E-state index in [2.05, 4.69) is 37.5 Å². The number of benzene rings is 2. The average Bonchev–Trinajstić information content (AvgIpc) is 3.16. The second kappa shape index (κ2) is 6.78. The molecule has 0 saturated carbocycles. The van der Waals surface area contributed by atoms with Crippen LogP contribution in [0, 0.1) is 0 Å². The molecular formula is C17H13BrN4OS2. The minimum atomic E-state index is -0.297. The van der Waals surface area contributed by atoms with Crippen LogP contribution in [0.15, 0.2) is 58.2 Å². The van der Waals surface area contributed by atoms with E-state index in [-0.39, 0.29) is 11.2 Å². The van der Waals surface area contributed by atoms with Crippen molar-refractivity contribution in [3.63, 3.8) is 0 Å². The predicted octanol–water partition coefficient (Wildman–Crippen LogP) is 4.83. The molecule has 0 bridgehead atoms. The fourth-order valence-electron chi connectivity index (χ4n) is 2.42. The van der Waals surface area contributed by atoms with E-state index in [0.717, 1.165) is 30.5 Å². The molecule has 0 fully saturated rings. The number of thioether (sulfide) groups is 1. The highest BCUT2D eigenvalue weighted by molar-refractivity contribution is 9.10. The first-order valence-corrected chi connectivity index (χ1v) is 10.1. The number of nitrogens with zero attached hydrogens (tertiary/aromatic N) is 3. The van der Waals surface area contributed by atoms with E-state index in [9.17, 15) is 4.79 Å². The van der Waals surface area contributed by atoms with Crippen LogP contribution in [0.1, 0.15) is 6.92 Å². The van der Waals surface area contributed by atoms with Crippen molar-refractivity contribution in [2.24, 2.45) is 0 Å². The molecule has 2 aromatic carbocycles. The molecule has 1 atom stereocenters. The molecule has 2 heterocycles. The van der Waals surface area contributed by atoms with Crippen molar-refractivity contribution in [3.05, 3.63) is 53.0 Å². The van der Waals surface area contributed by atoms with E-state index in [4.69, 9.17) is 0 Å². The summed E-state index contributed by atoms with van der Waals surface area (Å²) in [6.07, 6.45) is 0. The van der Waals surface area contributed by atoms with Crippen LogP contribution >= 0.6 is 39.0 Å². The molecule has 25 heavy (non-hydrogen) atoms. The van der Waals surface area contributed by atoms with Gasteiger partial charge in [-0.15, -0.1) is 10.2 Å². The van der Waals surface area contributed by atoms with Crippen LogP contribution in [0.5, 0.6) is 0 Å². The first-order chi connectivity index (χ1) is 12.1. The van der Waals surface area contributed by atoms with Crippen molar-refractivity contribution in [3.8, 4) is 0 Å². The van der Waals surface area contributed by atoms with Crippen LogP contribution in [-0.2, 0) is 4.79 Å². The van der Waals surface area contributed by atoms with Crippen molar-refractivity contribution in [2.45, 2.75) is 17.3 Å². The Hall–Kier alpha value is -1.90. The zero-order valence-electron chi connectivity index (χ0n) is 13.1. The number of hydrogen-bond donors (Lipinski definition) is 1. The number of nitrogens with one attached hydrogen (secondary N) is 1. The molecule has 0 aliphatic carbocycles. The lowest BCUT2D eigenvalue weighted by atomic mass is 10.3.